The predicted molar refractivity (Wildman–Crippen MR) is 87.3 cm³/mol. The molecule has 0 spiro atoms. The van der Waals surface area contributed by atoms with Gasteiger partial charge in [0, 0.05) is 37.5 Å². The van der Waals surface area contributed by atoms with Gasteiger partial charge in [0.1, 0.15) is 0 Å². The summed E-state index contributed by atoms with van der Waals surface area (Å²) in [5, 5.41) is 4.03. The maximum absolute atomic E-state index is 12.6. The van der Waals surface area contributed by atoms with Crippen molar-refractivity contribution in [3.63, 3.8) is 0 Å². The molecule has 4 nitrogen and oxygen atoms in total. The highest BCUT2D eigenvalue weighted by molar-refractivity contribution is 5.92. The molecule has 1 aliphatic carbocycles. The number of hydrogen-bond acceptors (Lipinski definition) is 2. The number of aryl methyl sites for hydroxylation is 1. The molecule has 0 unspecified atom stereocenters. The van der Waals surface area contributed by atoms with Crippen LogP contribution in [0.3, 0.4) is 0 Å². The Balaban J connectivity index is 1.69. The van der Waals surface area contributed by atoms with Gasteiger partial charge >= 0.3 is 6.18 Å². The van der Waals surface area contributed by atoms with Crippen LogP contribution in [0.25, 0.3) is 6.08 Å². The highest BCUT2D eigenvalue weighted by atomic mass is 19.4. The van der Waals surface area contributed by atoms with Crippen molar-refractivity contribution in [2.75, 3.05) is 0 Å². The number of amides is 1. The summed E-state index contributed by atoms with van der Waals surface area (Å²) in [4.78, 5) is 14.2. The van der Waals surface area contributed by atoms with E-state index in [1.807, 2.05) is 0 Å². The molecular formula is C18H18F3N3O. The fourth-order valence-electron chi connectivity index (χ4n) is 2.56. The van der Waals surface area contributed by atoms with E-state index >= 15 is 0 Å². The van der Waals surface area contributed by atoms with Crippen LogP contribution in [-0.2, 0) is 24.6 Å². The van der Waals surface area contributed by atoms with Crippen molar-refractivity contribution < 1.29 is 18.0 Å². The Kier molecular flexibility index (Phi) is 4.65. The normalized spacial score (nSPS) is 14.9. The highest BCUT2D eigenvalue weighted by Crippen LogP contribution is 2.31. The minimum atomic E-state index is -4.35. The summed E-state index contributed by atoms with van der Waals surface area (Å²) in [5.74, 6) is -0.147. The van der Waals surface area contributed by atoms with E-state index in [-0.39, 0.29) is 11.9 Å². The third kappa shape index (κ3) is 4.49. The number of halogens is 3. The van der Waals surface area contributed by atoms with Crippen LogP contribution in [0.15, 0.2) is 42.7 Å². The highest BCUT2D eigenvalue weighted by Gasteiger charge is 2.32. The molecule has 7 heteroatoms. The largest absolute Gasteiger partial charge is 0.416 e. The van der Waals surface area contributed by atoms with E-state index in [0.717, 1.165) is 30.5 Å². The maximum atomic E-state index is 12.6. The molecule has 1 fully saturated rings. The summed E-state index contributed by atoms with van der Waals surface area (Å²) in [6.45, 7) is 0.305. The van der Waals surface area contributed by atoms with Gasteiger partial charge in [0.25, 0.3) is 0 Å². The molecule has 0 radical (unpaired) electrons. The minimum Gasteiger partial charge on any atom is -0.332 e. The summed E-state index contributed by atoms with van der Waals surface area (Å²) >= 11 is 0. The van der Waals surface area contributed by atoms with Gasteiger partial charge in [-0.1, -0.05) is 12.1 Å². The SMILES string of the molecule is Cn1cc(C=CC(=O)N(Cc2ccc(C(F)(F)F)cc2)C2CC2)cn1. The van der Waals surface area contributed by atoms with E-state index in [1.54, 1.807) is 35.1 Å². The van der Waals surface area contributed by atoms with Crippen LogP contribution in [-0.4, -0.2) is 26.6 Å². The molecule has 25 heavy (non-hydrogen) atoms. The first kappa shape index (κ1) is 17.3. The summed E-state index contributed by atoms with van der Waals surface area (Å²) in [6.07, 6.45) is 4.12. The lowest BCUT2D eigenvalue weighted by Crippen LogP contribution is -2.31. The first-order valence-corrected chi connectivity index (χ1v) is 7.96. The number of aromatic nitrogens is 2. The lowest BCUT2D eigenvalue weighted by Gasteiger charge is -2.21. The fraction of sp³-hybridized carbons (Fsp3) is 0.333. The number of benzene rings is 1. The van der Waals surface area contributed by atoms with E-state index in [9.17, 15) is 18.0 Å². The van der Waals surface area contributed by atoms with Crippen LogP contribution in [0.2, 0.25) is 0 Å². The zero-order chi connectivity index (χ0) is 18.0. The van der Waals surface area contributed by atoms with Crippen LogP contribution >= 0.6 is 0 Å². The molecular weight excluding hydrogens is 331 g/mol. The third-order valence-electron chi connectivity index (χ3n) is 4.05. The minimum absolute atomic E-state index is 0.147. The Labute approximate surface area is 143 Å². The molecule has 0 N–H and O–H groups in total. The van der Waals surface area contributed by atoms with Gasteiger partial charge in [0.05, 0.1) is 11.8 Å². The number of rotatable bonds is 5. The van der Waals surface area contributed by atoms with Crippen LogP contribution in [0.1, 0.15) is 29.5 Å². The quantitative estimate of drug-likeness (QED) is 0.773. The standard InChI is InChI=1S/C18H18F3N3O/c1-23-11-14(10-22-23)4-9-17(25)24(16-7-8-16)12-13-2-5-15(6-3-13)18(19,20)21/h2-6,9-11,16H,7-8,12H2,1H3. The molecule has 0 atom stereocenters. The average molecular weight is 349 g/mol. The Morgan fingerprint density at radius 3 is 2.52 bits per heavy atom. The van der Waals surface area contributed by atoms with Crippen molar-refractivity contribution in [2.24, 2.45) is 7.05 Å². The van der Waals surface area contributed by atoms with Crippen molar-refractivity contribution in [1.29, 1.82) is 0 Å². The monoisotopic (exact) mass is 349 g/mol. The van der Waals surface area contributed by atoms with E-state index < -0.39 is 11.7 Å². The molecule has 3 rings (SSSR count). The number of alkyl halides is 3. The third-order valence-corrected chi connectivity index (χ3v) is 4.05. The van der Waals surface area contributed by atoms with Crippen molar-refractivity contribution >= 4 is 12.0 Å². The van der Waals surface area contributed by atoms with E-state index in [2.05, 4.69) is 5.10 Å². The molecule has 0 bridgehead atoms. The molecule has 1 amide bonds. The Hall–Kier alpha value is -2.57. The van der Waals surface area contributed by atoms with E-state index in [1.165, 1.54) is 18.2 Å². The number of nitrogens with zero attached hydrogens (tertiary/aromatic N) is 3. The second kappa shape index (κ2) is 6.74. The average Bonchev–Trinajstić information content (AvgIpc) is 3.31. The molecule has 132 valence electrons. The van der Waals surface area contributed by atoms with Crippen molar-refractivity contribution in [1.82, 2.24) is 14.7 Å². The van der Waals surface area contributed by atoms with Gasteiger partial charge in [-0.25, -0.2) is 0 Å². The van der Waals surface area contributed by atoms with Crippen molar-refractivity contribution in [3.8, 4) is 0 Å². The molecule has 0 aliphatic heterocycles. The summed E-state index contributed by atoms with van der Waals surface area (Å²) < 4.78 is 39.5. The molecule has 1 aromatic carbocycles. The molecule has 0 saturated heterocycles. The van der Waals surface area contributed by atoms with Crippen molar-refractivity contribution in [3.05, 3.63) is 59.4 Å². The van der Waals surface area contributed by atoms with Crippen molar-refractivity contribution in [2.45, 2.75) is 31.6 Å². The van der Waals surface area contributed by atoms with Gasteiger partial charge in [-0.05, 0) is 36.6 Å². The van der Waals surface area contributed by atoms with Gasteiger partial charge in [-0.15, -0.1) is 0 Å². The van der Waals surface area contributed by atoms with Crippen LogP contribution in [0.4, 0.5) is 13.2 Å². The van der Waals surface area contributed by atoms with Crippen LogP contribution in [0, 0.1) is 0 Å². The smallest absolute Gasteiger partial charge is 0.332 e. The van der Waals surface area contributed by atoms with Gasteiger partial charge in [-0.2, -0.15) is 18.3 Å². The molecule has 1 saturated carbocycles. The van der Waals surface area contributed by atoms with Gasteiger partial charge in [-0.3, -0.25) is 9.48 Å². The van der Waals surface area contributed by atoms with Gasteiger partial charge in [0.2, 0.25) is 5.91 Å². The molecule has 1 aliphatic rings. The molecule has 1 aromatic heterocycles. The topological polar surface area (TPSA) is 38.1 Å². The Morgan fingerprint density at radius 1 is 1.32 bits per heavy atom. The number of carbonyl (C=O) groups is 1. The fourth-order valence-corrected chi connectivity index (χ4v) is 2.56. The van der Waals surface area contributed by atoms with E-state index in [0.29, 0.717) is 12.1 Å². The molecule has 2 aromatic rings. The summed E-state index contributed by atoms with van der Waals surface area (Å²) in [5.41, 5.74) is 0.821. The summed E-state index contributed by atoms with van der Waals surface area (Å²) in [6, 6.07) is 5.12. The zero-order valence-electron chi connectivity index (χ0n) is 13.7. The van der Waals surface area contributed by atoms with Crippen LogP contribution < -0.4 is 0 Å². The second-order valence-electron chi connectivity index (χ2n) is 6.17. The maximum Gasteiger partial charge on any atom is 0.416 e. The lowest BCUT2D eigenvalue weighted by molar-refractivity contribution is -0.137. The van der Waals surface area contributed by atoms with Gasteiger partial charge in [0.15, 0.2) is 0 Å². The second-order valence-corrected chi connectivity index (χ2v) is 6.17. The van der Waals surface area contributed by atoms with E-state index in [4.69, 9.17) is 0 Å². The van der Waals surface area contributed by atoms with Crippen LogP contribution in [0.5, 0.6) is 0 Å². The predicted octanol–water partition coefficient (Wildman–Crippen LogP) is 3.64. The number of hydrogen-bond donors (Lipinski definition) is 0. The summed E-state index contributed by atoms with van der Waals surface area (Å²) in [7, 11) is 1.79. The first-order chi connectivity index (χ1) is 11.8. The lowest BCUT2D eigenvalue weighted by atomic mass is 10.1. The number of carbonyl (C=O) groups excluding carboxylic acids is 1. The Morgan fingerprint density at radius 2 is 2.00 bits per heavy atom. The molecule has 1 heterocycles. The first-order valence-electron chi connectivity index (χ1n) is 7.96. The van der Waals surface area contributed by atoms with Gasteiger partial charge < -0.3 is 4.90 Å². The Bertz CT molecular complexity index is 774. The zero-order valence-corrected chi connectivity index (χ0v) is 13.7.